The molecule has 6 heteroatoms. The van der Waals surface area contributed by atoms with E-state index in [1.807, 2.05) is 6.92 Å². The number of rotatable bonds is 5. The summed E-state index contributed by atoms with van der Waals surface area (Å²) in [5, 5.41) is 0.127. The summed E-state index contributed by atoms with van der Waals surface area (Å²) in [6.45, 7) is 2.19. The van der Waals surface area contributed by atoms with Gasteiger partial charge in [-0.3, -0.25) is 0 Å². The molecule has 90 valence electrons. The third-order valence-corrected chi connectivity index (χ3v) is 3.63. The van der Waals surface area contributed by atoms with Crippen LogP contribution in [0.4, 0.5) is 4.39 Å². The Labute approximate surface area is 99.7 Å². The maximum atomic E-state index is 13.3. The maximum Gasteiger partial charge on any atom is 0.215 e. The number of halogens is 2. The molecule has 0 saturated heterocycles. The molecule has 1 aromatic carbocycles. The molecule has 0 fully saturated rings. The average molecular weight is 266 g/mol. The van der Waals surface area contributed by atoms with Gasteiger partial charge in [0.25, 0.3) is 0 Å². The third kappa shape index (κ3) is 3.73. The summed E-state index contributed by atoms with van der Waals surface area (Å²) in [5.41, 5.74) is 0.00719. The highest BCUT2D eigenvalue weighted by Crippen LogP contribution is 2.20. The highest BCUT2D eigenvalue weighted by Gasteiger charge is 2.16. The summed E-state index contributed by atoms with van der Waals surface area (Å²) in [5.74, 6) is -1.03. The quantitative estimate of drug-likeness (QED) is 0.888. The normalized spacial score (nSPS) is 11.7. The summed E-state index contributed by atoms with van der Waals surface area (Å²) in [6.07, 6.45) is 0.685. The van der Waals surface area contributed by atoms with Crippen LogP contribution in [0.25, 0.3) is 0 Å². The lowest BCUT2D eigenvalue weighted by Crippen LogP contribution is -2.26. The lowest BCUT2D eigenvalue weighted by molar-refractivity contribution is 0.574. The third-order valence-electron chi connectivity index (χ3n) is 1.97. The molecule has 0 aliphatic heterocycles. The van der Waals surface area contributed by atoms with E-state index in [0.717, 1.165) is 0 Å². The largest absolute Gasteiger partial charge is 0.215 e. The predicted octanol–water partition coefficient (Wildman–Crippen LogP) is 2.31. The van der Waals surface area contributed by atoms with Crippen molar-refractivity contribution < 1.29 is 12.8 Å². The van der Waals surface area contributed by atoms with Crippen LogP contribution in [-0.2, 0) is 15.8 Å². The van der Waals surface area contributed by atoms with Gasteiger partial charge in [0.2, 0.25) is 10.0 Å². The molecule has 0 aliphatic carbocycles. The van der Waals surface area contributed by atoms with Crippen LogP contribution in [0.1, 0.15) is 18.9 Å². The van der Waals surface area contributed by atoms with E-state index in [9.17, 15) is 12.8 Å². The van der Waals surface area contributed by atoms with Gasteiger partial charge in [-0.2, -0.15) is 0 Å². The van der Waals surface area contributed by atoms with Gasteiger partial charge in [-0.1, -0.05) is 24.6 Å². The summed E-state index contributed by atoms with van der Waals surface area (Å²) in [6, 6.07) is 4.10. The van der Waals surface area contributed by atoms with Crippen LogP contribution in [0.5, 0.6) is 0 Å². The van der Waals surface area contributed by atoms with Crippen molar-refractivity contribution >= 4 is 21.6 Å². The molecule has 1 N–H and O–H groups in total. The molecule has 0 spiro atoms. The molecule has 3 nitrogen and oxygen atoms in total. The van der Waals surface area contributed by atoms with Crippen molar-refractivity contribution in [1.29, 1.82) is 0 Å². The molecule has 0 aliphatic rings. The fraction of sp³-hybridized carbons (Fsp3) is 0.400. The van der Waals surface area contributed by atoms with Crippen molar-refractivity contribution in [3.8, 4) is 0 Å². The first kappa shape index (κ1) is 13.4. The minimum atomic E-state index is -3.52. The zero-order valence-corrected chi connectivity index (χ0v) is 10.4. The van der Waals surface area contributed by atoms with Crippen LogP contribution in [-0.4, -0.2) is 15.0 Å². The second-order valence-electron chi connectivity index (χ2n) is 3.35. The van der Waals surface area contributed by atoms with Gasteiger partial charge in [0.15, 0.2) is 0 Å². The van der Waals surface area contributed by atoms with Crippen LogP contribution in [0.3, 0.4) is 0 Å². The van der Waals surface area contributed by atoms with Gasteiger partial charge in [0.05, 0.1) is 5.75 Å². The summed E-state index contributed by atoms with van der Waals surface area (Å²) < 4.78 is 38.7. The van der Waals surface area contributed by atoms with Crippen LogP contribution >= 0.6 is 11.6 Å². The molecule has 0 amide bonds. The van der Waals surface area contributed by atoms with Crippen LogP contribution < -0.4 is 4.72 Å². The zero-order chi connectivity index (χ0) is 12.2. The van der Waals surface area contributed by atoms with E-state index in [4.69, 9.17) is 11.6 Å². The summed E-state index contributed by atoms with van der Waals surface area (Å²) >= 11 is 5.74. The lowest BCUT2D eigenvalue weighted by atomic mass is 10.2. The van der Waals surface area contributed by atoms with Gasteiger partial charge in [0, 0.05) is 17.1 Å². The monoisotopic (exact) mass is 265 g/mol. The van der Waals surface area contributed by atoms with Crippen molar-refractivity contribution in [3.05, 3.63) is 34.6 Å². The Morgan fingerprint density at radius 1 is 1.44 bits per heavy atom. The molecule has 0 atom stereocenters. The first-order valence-corrected chi connectivity index (χ1v) is 6.89. The van der Waals surface area contributed by atoms with Gasteiger partial charge in [-0.15, -0.1) is 0 Å². The molecular weight excluding hydrogens is 253 g/mol. The van der Waals surface area contributed by atoms with Gasteiger partial charge >= 0.3 is 0 Å². The van der Waals surface area contributed by atoms with Crippen LogP contribution in [0.15, 0.2) is 18.2 Å². The number of sulfonamides is 1. The van der Waals surface area contributed by atoms with Gasteiger partial charge in [0.1, 0.15) is 5.82 Å². The zero-order valence-electron chi connectivity index (χ0n) is 8.83. The van der Waals surface area contributed by atoms with E-state index in [1.54, 1.807) is 0 Å². The standard InChI is InChI=1S/C10H13ClFNO2S/c1-2-6-13-16(14,15)7-8-9(11)4-3-5-10(8)12/h3-5,13H,2,6-7H2,1H3. The van der Waals surface area contributed by atoms with Crippen molar-refractivity contribution in [3.63, 3.8) is 0 Å². The first-order valence-electron chi connectivity index (χ1n) is 4.86. The van der Waals surface area contributed by atoms with E-state index in [0.29, 0.717) is 13.0 Å². The molecule has 0 saturated carbocycles. The Bertz CT molecular complexity index is 442. The number of nitrogens with one attached hydrogen (secondary N) is 1. The number of benzene rings is 1. The summed E-state index contributed by atoms with van der Waals surface area (Å²) in [4.78, 5) is 0. The second kappa shape index (κ2) is 5.61. The number of hydrogen-bond acceptors (Lipinski definition) is 2. The Morgan fingerprint density at radius 2 is 2.12 bits per heavy atom. The second-order valence-corrected chi connectivity index (χ2v) is 5.57. The highest BCUT2D eigenvalue weighted by molar-refractivity contribution is 7.88. The van der Waals surface area contributed by atoms with Gasteiger partial charge < -0.3 is 0 Å². The predicted molar refractivity (Wildman–Crippen MR) is 62.3 cm³/mol. The van der Waals surface area contributed by atoms with E-state index < -0.39 is 21.6 Å². The molecule has 1 rings (SSSR count). The van der Waals surface area contributed by atoms with Crippen molar-refractivity contribution in [1.82, 2.24) is 4.72 Å². The van der Waals surface area contributed by atoms with Gasteiger partial charge in [-0.05, 0) is 18.6 Å². The fourth-order valence-electron chi connectivity index (χ4n) is 1.17. The number of hydrogen-bond donors (Lipinski definition) is 1. The molecule has 1 aromatic rings. The fourth-order valence-corrected chi connectivity index (χ4v) is 2.77. The van der Waals surface area contributed by atoms with E-state index in [2.05, 4.69) is 4.72 Å². The average Bonchev–Trinajstić information content (AvgIpc) is 2.21. The minimum absolute atomic E-state index is 0.00719. The molecule has 0 bridgehead atoms. The minimum Gasteiger partial charge on any atom is -0.215 e. The van der Waals surface area contributed by atoms with E-state index in [1.165, 1.54) is 18.2 Å². The molecule has 0 heterocycles. The Balaban J connectivity index is 2.88. The highest BCUT2D eigenvalue weighted by atomic mass is 35.5. The molecular formula is C10H13ClFNO2S. The smallest absolute Gasteiger partial charge is 0.215 e. The topological polar surface area (TPSA) is 46.2 Å². The maximum absolute atomic E-state index is 13.3. The van der Waals surface area contributed by atoms with Gasteiger partial charge in [-0.25, -0.2) is 17.5 Å². The van der Waals surface area contributed by atoms with Crippen molar-refractivity contribution in [2.24, 2.45) is 0 Å². The molecule has 0 aromatic heterocycles. The van der Waals surface area contributed by atoms with E-state index >= 15 is 0 Å². The Hall–Kier alpha value is -0.650. The first-order chi connectivity index (χ1) is 7.46. The Morgan fingerprint density at radius 3 is 2.69 bits per heavy atom. The summed E-state index contributed by atoms with van der Waals surface area (Å²) in [7, 11) is -3.52. The van der Waals surface area contributed by atoms with Crippen LogP contribution in [0, 0.1) is 5.82 Å². The molecule has 0 unspecified atom stereocenters. The van der Waals surface area contributed by atoms with Crippen LogP contribution in [0.2, 0.25) is 5.02 Å². The molecule has 0 radical (unpaired) electrons. The Kier molecular flexibility index (Phi) is 4.70. The SMILES string of the molecule is CCCNS(=O)(=O)Cc1c(F)cccc1Cl. The van der Waals surface area contributed by atoms with Crippen molar-refractivity contribution in [2.45, 2.75) is 19.1 Å². The van der Waals surface area contributed by atoms with Crippen molar-refractivity contribution in [2.75, 3.05) is 6.54 Å². The molecule has 16 heavy (non-hydrogen) atoms. The lowest BCUT2D eigenvalue weighted by Gasteiger charge is -2.07. The van der Waals surface area contributed by atoms with E-state index in [-0.39, 0.29) is 10.6 Å².